The van der Waals surface area contributed by atoms with Gasteiger partial charge in [-0.15, -0.1) is 0 Å². The summed E-state index contributed by atoms with van der Waals surface area (Å²) in [4.78, 5) is 0. The average Bonchev–Trinajstić information content (AvgIpc) is 2.74. The van der Waals surface area contributed by atoms with E-state index in [2.05, 4.69) is 32.9 Å². The van der Waals surface area contributed by atoms with Crippen molar-refractivity contribution in [3.8, 4) is 0 Å². The number of rotatable bonds is 0. The molecule has 20 heavy (non-hydrogen) atoms. The molecule has 3 saturated carbocycles. The van der Waals surface area contributed by atoms with Gasteiger partial charge in [0.2, 0.25) is 0 Å². The molecular weight excluding hydrogens is 240 g/mol. The van der Waals surface area contributed by atoms with E-state index < -0.39 is 0 Å². The smallest absolute Gasteiger partial charge is 0.0229 e. The van der Waals surface area contributed by atoms with Crippen molar-refractivity contribution >= 4 is 0 Å². The van der Waals surface area contributed by atoms with Gasteiger partial charge in [-0.3, -0.25) is 0 Å². The normalized spacial score (nSPS) is 57.9. The molecule has 4 rings (SSSR count). The van der Waals surface area contributed by atoms with Crippen LogP contribution in [0.15, 0.2) is 12.2 Å². The van der Waals surface area contributed by atoms with E-state index in [1.54, 1.807) is 6.42 Å². The van der Waals surface area contributed by atoms with Gasteiger partial charge >= 0.3 is 0 Å². The highest BCUT2D eigenvalue weighted by molar-refractivity contribution is 5.11. The lowest BCUT2D eigenvalue weighted by Gasteiger charge is -2.59. The second-order valence-corrected chi connectivity index (χ2v) is 9.09. The maximum absolute atomic E-state index is 2.65. The summed E-state index contributed by atoms with van der Waals surface area (Å²) in [5.41, 5.74) is 1.33. The van der Waals surface area contributed by atoms with Crippen molar-refractivity contribution in [3.63, 3.8) is 0 Å². The van der Waals surface area contributed by atoms with Crippen LogP contribution < -0.4 is 0 Å². The first-order valence-electron chi connectivity index (χ1n) is 9.21. The molecule has 0 aromatic carbocycles. The predicted molar refractivity (Wildman–Crippen MR) is 85.4 cm³/mol. The second kappa shape index (κ2) is 4.37. The molecule has 0 aromatic heterocycles. The van der Waals surface area contributed by atoms with Gasteiger partial charge in [0.1, 0.15) is 0 Å². The van der Waals surface area contributed by atoms with Crippen molar-refractivity contribution in [1.82, 2.24) is 0 Å². The Morgan fingerprint density at radius 2 is 1.65 bits per heavy atom. The zero-order valence-electron chi connectivity index (χ0n) is 13.7. The number of hydrogen-bond donors (Lipinski definition) is 0. The van der Waals surface area contributed by atoms with Crippen LogP contribution in [0.5, 0.6) is 0 Å². The molecule has 0 heterocycles. The van der Waals surface area contributed by atoms with Crippen LogP contribution in [-0.4, -0.2) is 0 Å². The molecule has 7 atom stereocenters. The van der Waals surface area contributed by atoms with Gasteiger partial charge in [0.25, 0.3) is 0 Å². The molecule has 3 fully saturated rings. The van der Waals surface area contributed by atoms with Crippen LogP contribution in [0.3, 0.4) is 0 Å². The van der Waals surface area contributed by atoms with Crippen molar-refractivity contribution in [1.29, 1.82) is 0 Å². The summed E-state index contributed by atoms with van der Waals surface area (Å²) in [6.07, 6.45) is 16.9. The lowest BCUT2D eigenvalue weighted by atomic mass is 9.45. The maximum atomic E-state index is 2.65. The number of fused-ring (bicyclic) bond motifs is 5. The number of allylic oxidation sites excluding steroid dienone is 2. The van der Waals surface area contributed by atoms with E-state index in [1.165, 1.54) is 44.9 Å². The molecule has 0 radical (unpaired) electrons. The molecule has 0 heteroatoms. The van der Waals surface area contributed by atoms with E-state index in [0.717, 1.165) is 29.6 Å². The Morgan fingerprint density at radius 3 is 2.50 bits per heavy atom. The van der Waals surface area contributed by atoms with Crippen molar-refractivity contribution in [2.75, 3.05) is 0 Å². The zero-order valence-corrected chi connectivity index (χ0v) is 13.7. The Kier molecular flexibility index (Phi) is 2.93. The standard InChI is InChI=1S/C20H32/c1-14-7-10-17-16-9-8-15-6-4-5-12-20(15,3)18(16)11-13-19(14,17)2/h4-5,14-18H,6-13H2,1-3H3. The van der Waals surface area contributed by atoms with E-state index in [9.17, 15) is 0 Å². The molecule has 0 bridgehead atoms. The highest BCUT2D eigenvalue weighted by Gasteiger charge is 2.58. The highest BCUT2D eigenvalue weighted by Crippen LogP contribution is 2.66. The Hall–Kier alpha value is -0.260. The minimum atomic E-state index is 0.644. The van der Waals surface area contributed by atoms with Gasteiger partial charge in [-0.05, 0) is 91.8 Å². The van der Waals surface area contributed by atoms with Crippen LogP contribution in [0.25, 0.3) is 0 Å². The van der Waals surface area contributed by atoms with Crippen molar-refractivity contribution < 1.29 is 0 Å². The minimum absolute atomic E-state index is 0.644. The lowest BCUT2D eigenvalue weighted by molar-refractivity contribution is -0.0947. The highest BCUT2D eigenvalue weighted by atomic mass is 14.6. The molecule has 112 valence electrons. The molecule has 4 aliphatic carbocycles. The molecule has 0 saturated heterocycles. The van der Waals surface area contributed by atoms with Gasteiger partial charge in [0, 0.05) is 0 Å². The fourth-order valence-corrected chi connectivity index (χ4v) is 7.10. The fourth-order valence-electron chi connectivity index (χ4n) is 7.10. The van der Waals surface area contributed by atoms with Crippen LogP contribution in [-0.2, 0) is 0 Å². The van der Waals surface area contributed by atoms with Crippen molar-refractivity contribution in [2.24, 2.45) is 40.4 Å². The Bertz CT molecular complexity index is 422. The summed E-state index contributed by atoms with van der Waals surface area (Å²) in [6, 6.07) is 0. The average molecular weight is 272 g/mol. The summed E-state index contributed by atoms with van der Waals surface area (Å²) < 4.78 is 0. The molecule has 0 aliphatic heterocycles. The lowest BCUT2D eigenvalue weighted by Crippen LogP contribution is -2.52. The topological polar surface area (TPSA) is 0 Å². The van der Waals surface area contributed by atoms with E-state index in [0.29, 0.717) is 10.8 Å². The van der Waals surface area contributed by atoms with E-state index in [-0.39, 0.29) is 0 Å². The monoisotopic (exact) mass is 272 g/mol. The quantitative estimate of drug-likeness (QED) is 0.487. The Morgan fingerprint density at radius 1 is 0.850 bits per heavy atom. The van der Waals surface area contributed by atoms with Gasteiger partial charge in [-0.1, -0.05) is 32.9 Å². The summed E-state index contributed by atoms with van der Waals surface area (Å²) >= 11 is 0. The van der Waals surface area contributed by atoms with Crippen LogP contribution in [0.1, 0.15) is 72.1 Å². The minimum Gasteiger partial charge on any atom is -0.0882 e. The maximum Gasteiger partial charge on any atom is -0.0229 e. The van der Waals surface area contributed by atoms with E-state index in [1.807, 2.05) is 0 Å². The first-order chi connectivity index (χ1) is 9.56. The van der Waals surface area contributed by atoms with Crippen LogP contribution in [0.2, 0.25) is 0 Å². The third-order valence-corrected chi connectivity index (χ3v) is 8.68. The van der Waals surface area contributed by atoms with Crippen LogP contribution in [0, 0.1) is 40.4 Å². The van der Waals surface area contributed by atoms with E-state index >= 15 is 0 Å². The Labute approximate surface area is 125 Å². The van der Waals surface area contributed by atoms with Crippen LogP contribution in [0.4, 0.5) is 0 Å². The van der Waals surface area contributed by atoms with Crippen LogP contribution >= 0.6 is 0 Å². The second-order valence-electron chi connectivity index (χ2n) is 9.09. The molecule has 0 aromatic rings. The van der Waals surface area contributed by atoms with Crippen molar-refractivity contribution in [3.05, 3.63) is 12.2 Å². The van der Waals surface area contributed by atoms with Gasteiger partial charge < -0.3 is 0 Å². The Balaban J connectivity index is 1.66. The van der Waals surface area contributed by atoms with Gasteiger partial charge in [0.15, 0.2) is 0 Å². The summed E-state index contributed by atoms with van der Waals surface area (Å²) in [5.74, 6) is 5.13. The molecular formula is C20H32. The molecule has 4 aliphatic rings. The van der Waals surface area contributed by atoms with E-state index in [4.69, 9.17) is 0 Å². The third-order valence-electron chi connectivity index (χ3n) is 8.68. The first-order valence-corrected chi connectivity index (χ1v) is 9.21. The predicted octanol–water partition coefficient (Wildman–Crippen LogP) is 5.83. The van der Waals surface area contributed by atoms with Crippen molar-refractivity contribution in [2.45, 2.75) is 72.1 Å². The van der Waals surface area contributed by atoms with Gasteiger partial charge in [-0.2, -0.15) is 0 Å². The molecule has 0 spiro atoms. The van der Waals surface area contributed by atoms with Gasteiger partial charge in [0.05, 0.1) is 0 Å². The largest absolute Gasteiger partial charge is 0.0882 e. The molecule has 0 nitrogen and oxygen atoms in total. The molecule has 0 amide bonds. The summed E-state index contributed by atoms with van der Waals surface area (Å²) in [6.45, 7) is 7.83. The first kappa shape index (κ1) is 13.4. The fraction of sp³-hybridized carbons (Fsp3) is 0.900. The van der Waals surface area contributed by atoms with Gasteiger partial charge in [-0.25, -0.2) is 0 Å². The SMILES string of the molecule is CC1CCC2C3CCC4CC=CCC4(C)C3CCC12C. The summed E-state index contributed by atoms with van der Waals surface area (Å²) in [7, 11) is 0. The number of hydrogen-bond acceptors (Lipinski definition) is 0. The third kappa shape index (κ3) is 1.60. The zero-order chi connectivity index (χ0) is 14.0. The summed E-state index contributed by atoms with van der Waals surface area (Å²) in [5, 5.41) is 0. The molecule has 7 unspecified atom stereocenters. The molecule has 0 N–H and O–H groups in total.